The lowest BCUT2D eigenvalue weighted by molar-refractivity contribution is -0.151. The van der Waals surface area contributed by atoms with Gasteiger partial charge in [-0.15, -0.1) is 10.2 Å². The summed E-state index contributed by atoms with van der Waals surface area (Å²) >= 11 is 1.30. The van der Waals surface area contributed by atoms with E-state index in [1.165, 1.54) is 11.8 Å². The maximum absolute atomic E-state index is 11.9. The van der Waals surface area contributed by atoms with Gasteiger partial charge in [0.05, 0.1) is 5.75 Å². The number of carbonyl (C=O) groups excluding carboxylic acids is 1. The highest BCUT2D eigenvalue weighted by Crippen LogP contribution is 2.37. The summed E-state index contributed by atoms with van der Waals surface area (Å²) in [7, 11) is 0. The van der Waals surface area contributed by atoms with Crippen LogP contribution in [-0.4, -0.2) is 43.0 Å². The third-order valence-electron chi connectivity index (χ3n) is 3.81. The van der Waals surface area contributed by atoms with Crippen LogP contribution in [0.4, 0.5) is 0 Å². The normalized spacial score (nSPS) is 20.2. The Morgan fingerprint density at radius 1 is 1.50 bits per heavy atom. The van der Waals surface area contributed by atoms with Crippen LogP contribution in [0.2, 0.25) is 0 Å². The van der Waals surface area contributed by atoms with Gasteiger partial charge in [0.25, 0.3) is 0 Å². The molecular weight excluding hydrogens is 280 g/mol. The molecule has 0 atom stereocenters. The fourth-order valence-electron chi connectivity index (χ4n) is 2.29. The van der Waals surface area contributed by atoms with E-state index in [0.717, 1.165) is 24.4 Å². The van der Waals surface area contributed by atoms with Gasteiger partial charge in [0, 0.05) is 6.04 Å². The Labute approximate surface area is 120 Å². The molecular formula is C12H16N4O3S. The van der Waals surface area contributed by atoms with Crippen molar-refractivity contribution in [3.8, 4) is 0 Å². The zero-order valence-corrected chi connectivity index (χ0v) is 11.7. The molecule has 0 bridgehead atoms. The number of rotatable bonds is 6. The molecule has 20 heavy (non-hydrogen) atoms. The first kappa shape index (κ1) is 13.4. The van der Waals surface area contributed by atoms with Crippen molar-refractivity contribution in [1.29, 1.82) is 0 Å². The molecule has 7 nitrogen and oxygen atoms in total. The summed E-state index contributed by atoms with van der Waals surface area (Å²) in [6.45, 7) is 0. The topological polar surface area (TPSA) is 97.1 Å². The van der Waals surface area contributed by atoms with Crippen molar-refractivity contribution in [1.82, 2.24) is 20.1 Å². The van der Waals surface area contributed by atoms with Crippen LogP contribution in [0.3, 0.4) is 0 Å². The van der Waals surface area contributed by atoms with Gasteiger partial charge in [-0.2, -0.15) is 0 Å². The molecule has 0 aromatic carbocycles. The van der Waals surface area contributed by atoms with Crippen LogP contribution in [0.25, 0.3) is 0 Å². The molecule has 108 valence electrons. The van der Waals surface area contributed by atoms with Crippen molar-refractivity contribution < 1.29 is 14.7 Å². The molecule has 1 amide bonds. The maximum atomic E-state index is 11.9. The number of hydrogen-bond donors (Lipinski definition) is 2. The Balaban J connectivity index is 1.54. The van der Waals surface area contributed by atoms with E-state index in [2.05, 4.69) is 15.5 Å². The van der Waals surface area contributed by atoms with Gasteiger partial charge in [-0.25, -0.2) is 4.79 Å². The van der Waals surface area contributed by atoms with Crippen LogP contribution in [0.15, 0.2) is 11.5 Å². The minimum absolute atomic E-state index is 0.167. The minimum Gasteiger partial charge on any atom is -0.480 e. The Morgan fingerprint density at radius 3 is 2.80 bits per heavy atom. The Morgan fingerprint density at radius 2 is 2.25 bits per heavy atom. The van der Waals surface area contributed by atoms with E-state index in [-0.39, 0.29) is 11.7 Å². The molecule has 2 aliphatic rings. The highest BCUT2D eigenvalue weighted by Gasteiger charge is 2.45. The van der Waals surface area contributed by atoms with Gasteiger partial charge in [0.15, 0.2) is 5.16 Å². The van der Waals surface area contributed by atoms with Gasteiger partial charge in [0.1, 0.15) is 11.9 Å². The molecule has 2 saturated carbocycles. The van der Waals surface area contributed by atoms with Gasteiger partial charge in [-0.05, 0) is 32.1 Å². The van der Waals surface area contributed by atoms with E-state index >= 15 is 0 Å². The van der Waals surface area contributed by atoms with Crippen LogP contribution in [0.1, 0.15) is 38.1 Å². The molecule has 2 N–H and O–H groups in total. The molecule has 2 aliphatic carbocycles. The third kappa shape index (κ3) is 2.52. The monoisotopic (exact) mass is 296 g/mol. The molecule has 1 aromatic heterocycles. The number of thioether (sulfide) groups is 1. The molecule has 0 aliphatic heterocycles. The number of amides is 1. The van der Waals surface area contributed by atoms with Crippen LogP contribution in [0, 0.1) is 0 Å². The summed E-state index contributed by atoms with van der Waals surface area (Å²) in [6, 6.07) is 0.465. The Hall–Kier alpha value is -1.57. The molecule has 8 heteroatoms. The molecule has 1 aromatic rings. The maximum Gasteiger partial charge on any atom is 0.329 e. The number of carbonyl (C=O) groups is 2. The molecule has 0 radical (unpaired) electrons. The van der Waals surface area contributed by atoms with Crippen molar-refractivity contribution in [2.75, 3.05) is 5.75 Å². The zero-order chi connectivity index (χ0) is 14.2. The van der Waals surface area contributed by atoms with E-state index in [4.69, 9.17) is 5.11 Å². The molecule has 0 saturated heterocycles. The summed E-state index contributed by atoms with van der Waals surface area (Å²) in [4.78, 5) is 23.1. The zero-order valence-electron chi connectivity index (χ0n) is 10.9. The number of aliphatic carboxylic acids is 1. The quantitative estimate of drug-likeness (QED) is 0.755. The van der Waals surface area contributed by atoms with E-state index in [1.54, 1.807) is 6.33 Å². The number of nitrogens with zero attached hydrogens (tertiary/aromatic N) is 3. The average molecular weight is 296 g/mol. The average Bonchev–Trinajstić information content (AvgIpc) is 3.10. The van der Waals surface area contributed by atoms with E-state index < -0.39 is 11.5 Å². The highest BCUT2D eigenvalue weighted by molar-refractivity contribution is 7.99. The second kappa shape index (κ2) is 5.08. The van der Waals surface area contributed by atoms with Gasteiger partial charge in [-0.1, -0.05) is 11.8 Å². The van der Waals surface area contributed by atoms with Gasteiger partial charge in [-0.3, -0.25) is 4.79 Å². The molecule has 1 heterocycles. The fourth-order valence-corrected chi connectivity index (χ4v) is 3.08. The molecule has 0 unspecified atom stereocenters. The number of nitrogens with one attached hydrogen (secondary N) is 1. The first-order valence-electron chi connectivity index (χ1n) is 6.67. The lowest BCUT2D eigenvalue weighted by atomic mass is 9.77. The predicted molar refractivity (Wildman–Crippen MR) is 71.4 cm³/mol. The van der Waals surface area contributed by atoms with Gasteiger partial charge >= 0.3 is 5.97 Å². The van der Waals surface area contributed by atoms with Crippen molar-refractivity contribution in [2.45, 2.75) is 48.8 Å². The van der Waals surface area contributed by atoms with Crippen LogP contribution in [-0.2, 0) is 9.59 Å². The van der Waals surface area contributed by atoms with Crippen LogP contribution < -0.4 is 5.32 Å². The van der Waals surface area contributed by atoms with Gasteiger partial charge in [0.2, 0.25) is 5.91 Å². The molecule has 0 spiro atoms. The first-order chi connectivity index (χ1) is 9.61. The van der Waals surface area contributed by atoms with Crippen LogP contribution >= 0.6 is 11.8 Å². The lowest BCUT2D eigenvalue weighted by Crippen LogP contribution is -2.59. The number of carboxylic acid groups (broad SMARTS) is 1. The molecule has 3 rings (SSSR count). The largest absolute Gasteiger partial charge is 0.480 e. The smallest absolute Gasteiger partial charge is 0.329 e. The van der Waals surface area contributed by atoms with E-state index in [9.17, 15) is 9.59 Å². The number of hydrogen-bond acceptors (Lipinski definition) is 5. The standard InChI is InChI=1S/C12H16N4O3S/c17-9(14-12(10(18)19)4-1-5-12)6-20-11-15-13-7-16(11)8-2-3-8/h7-8H,1-6H2,(H,14,17)(H,18,19). The van der Waals surface area contributed by atoms with E-state index in [1.807, 2.05) is 4.57 Å². The second-order valence-corrected chi connectivity index (χ2v) is 6.27. The highest BCUT2D eigenvalue weighted by atomic mass is 32.2. The predicted octanol–water partition coefficient (Wildman–Crippen LogP) is 0.829. The minimum atomic E-state index is -1.04. The summed E-state index contributed by atoms with van der Waals surface area (Å²) in [6.07, 6.45) is 5.80. The number of carboxylic acids is 1. The second-order valence-electron chi connectivity index (χ2n) is 5.33. The van der Waals surface area contributed by atoms with Crippen molar-refractivity contribution in [2.24, 2.45) is 0 Å². The summed E-state index contributed by atoms with van der Waals surface area (Å²) in [5.41, 5.74) is -1.04. The first-order valence-corrected chi connectivity index (χ1v) is 7.66. The van der Waals surface area contributed by atoms with Crippen LogP contribution in [0.5, 0.6) is 0 Å². The van der Waals surface area contributed by atoms with Crippen molar-refractivity contribution in [3.05, 3.63) is 6.33 Å². The SMILES string of the molecule is O=C(CSc1nncn1C1CC1)NC1(C(=O)O)CCC1. The van der Waals surface area contributed by atoms with Gasteiger partial charge < -0.3 is 15.0 Å². The Kier molecular flexibility index (Phi) is 3.41. The number of aromatic nitrogens is 3. The van der Waals surface area contributed by atoms with Crippen molar-refractivity contribution in [3.63, 3.8) is 0 Å². The Bertz CT molecular complexity index is 537. The fraction of sp³-hybridized carbons (Fsp3) is 0.667. The lowest BCUT2D eigenvalue weighted by Gasteiger charge is -2.38. The summed E-state index contributed by atoms with van der Waals surface area (Å²) < 4.78 is 1.98. The third-order valence-corrected chi connectivity index (χ3v) is 4.77. The summed E-state index contributed by atoms with van der Waals surface area (Å²) in [5, 5.41) is 20.4. The molecule has 2 fully saturated rings. The summed E-state index contributed by atoms with van der Waals surface area (Å²) in [5.74, 6) is -1.04. The van der Waals surface area contributed by atoms with Crippen molar-refractivity contribution >= 4 is 23.6 Å². The van der Waals surface area contributed by atoms with E-state index in [0.29, 0.717) is 18.9 Å².